The van der Waals surface area contributed by atoms with Crippen molar-refractivity contribution in [1.82, 2.24) is 0 Å². The molecule has 4 heteroatoms. The molecule has 0 aliphatic carbocycles. The second-order valence-electron chi connectivity index (χ2n) is 6.42. The predicted molar refractivity (Wildman–Crippen MR) is 87.4 cm³/mol. The standard InChI is InChI=1S/C18H28NO3/c1-16(15-20)18(21)22-14-13-19(2,3)12-8-7-11-17-9-5-4-6-10-17/h4-6,9-10,15-16H,7-8,11-14H2,1-3H3/q+1. The average molecular weight is 306 g/mol. The molecule has 0 aromatic heterocycles. The first-order chi connectivity index (χ1) is 10.4. The smallest absolute Gasteiger partial charge is 0.316 e. The number of hydrogen-bond acceptors (Lipinski definition) is 3. The highest BCUT2D eigenvalue weighted by Crippen LogP contribution is 2.07. The lowest BCUT2D eigenvalue weighted by Gasteiger charge is -2.29. The quantitative estimate of drug-likeness (QED) is 0.219. The molecule has 0 saturated carbocycles. The van der Waals surface area contributed by atoms with Crippen LogP contribution in [0.2, 0.25) is 0 Å². The normalized spacial score (nSPS) is 12.7. The Hall–Kier alpha value is -1.68. The van der Waals surface area contributed by atoms with Crippen molar-refractivity contribution < 1.29 is 18.8 Å². The number of carbonyl (C=O) groups is 2. The number of hydrogen-bond donors (Lipinski definition) is 0. The Kier molecular flexibility index (Phi) is 7.82. The number of esters is 1. The van der Waals surface area contributed by atoms with E-state index in [2.05, 4.69) is 38.4 Å². The molecule has 4 nitrogen and oxygen atoms in total. The molecule has 0 aliphatic heterocycles. The summed E-state index contributed by atoms with van der Waals surface area (Å²) >= 11 is 0. The van der Waals surface area contributed by atoms with Crippen LogP contribution < -0.4 is 0 Å². The van der Waals surface area contributed by atoms with Gasteiger partial charge in [-0.05, 0) is 31.7 Å². The SMILES string of the molecule is CC(C=O)C(=O)OCC[N+](C)(C)CCCCc1ccccc1. The highest BCUT2D eigenvalue weighted by molar-refractivity contribution is 5.87. The highest BCUT2D eigenvalue weighted by atomic mass is 16.5. The first-order valence-corrected chi connectivity index (χ1v) is 7.92. The van der Waals surface area contributed by atoms with Crippen molar-refractivity contribution in [2.45, 2.75) is 26.2 Å². The third-order valence-electron chi connectivity index (χ3n) is 3.84. The van der Waals surface area contributed by atoms with Gasteiger partial charge in [-0.25, -0.2) is 0 Å². The predicted octanol–water partition coefficient (Wildman–Crippen LogP) is 2.46. The molecule has 1 aromatic carbocycles. The maximum atomic E-state index is 11.4. The number of rotatable bonds is 10. The zero-order chi connectivity index (χ0) is 16.4. The molecule has 0 aliphatic rings. The number of likely N-dealkylation sites (N-methyl/N-ethyl adjacent to an activating group) is 1. The zero-order valence-electron chi connectivity index (χ0n) is 14.0. The summed E-state index contributed by atoms with van der Waals surface area (Å²) in [6.07, 6.45) is 4.02. The molecule has 1 atom stereocenters. The third kappa shape index (κ3) is 7.36. The van der Waals surface area contributed by atoms with Gasteiger partial charge in [0, 0.05) is 0 Å². The molecule has 0 N–H and O–H groups in total. The molecule has 0 bridgehead atoms. The molecule has 22 heavy (non-hydrogen) atoms. The first kappa shape index (κ1) is 18.4. The van der Waals surface area contributed by atoms with Gasteiger partial charge in [0.05, 0.1) is 20.6 Å². The highest BCUT2D eigenvalue weighted by Gasteiger charge is 2.17. The van der Waals surface area contributed by atoms with Gasteiger partial charge in [0.1, 0.15) is 25.4 Å². The summed E-state index contributed by atoms with van der Waals surface area (Å²) in [5.74, 6) is -1.10. The number of carbonyl (C=O) groups excluding carboxylic acids is 2. The lowest BCUT2D eigenvalue weighted by atomic mass is 10.1. The van der Waals surface area contributed by atoms with E-state index in [-0.39, 0.29) is 0 Å². The van der Waals surface area contributed by atoms with Crippen molar-refractivity contribution in [2.24, 2.45) is 5.92 Å². The van der Waals surface area contributed by atoms with Gasteiger partial charge in [-0.15, -0.1) is 0 Å². The van der Waals surface area contributed by atoms with Gasteiger partial charge in [-0.3, -0.25) is 4.79 Å². The van der Waals surface area contributed by atoms with Gasteiger partial charge < -0.3 is 14.0 Å². The van der Waals surface area contributed by atoms with Gasteiger partial charge in [-0.1, -0.05) is 30.3 Å². The molecule has 0 spiro atoms. The van der Waals surface area contributed by atoms with E-state index >= 15 is 0 Å². The molecule has 122 valence electrons. The molecule has 0 saturated heterocycles. The van der Waals surface area contributed by atoms with Gasteiger partial charge in [-0.2, -0.15) is 0 Å². The molecule has 1 rings (SSSR count). The van der Waals surface area contributed by atoms with Crippen LogP contribution in [0, 0.1) is 5.92 Å². The number of aryl methyl sites for hydroxylation is 1. The van der Waals surface area contributed by atoms with E-state index < -0.39 is 11.9 Å². The van der Waals surface area contributed by atoms with Crippen LogP contribution in [0.5, 0.6) is 0 Å². The summed E-state index contributed by atoms with van der Waals surface area (Å²) < 4.78 is 5.94. The number of ether oxygens (including phenoxy) is 1. The maximum Gasteiger partial charge on any atom is 0.316 e. The van der Waals surface area contributed by atoms with E-state index in [1.807, 2.05) is 6.07 Å². The van der Waals surface area contributed by atoms with Crippen molar-refractivity contribution in [1.29, 1.82) is 0 Å². The number of nitrogens with zero attached hydrogens (tertiary/aromatic N) is 1. The average Bonchev–Trinajstić information content (AvgIpc) is 2.51. The third-order valence-corrected chi connectivity index (χ3v) is 3.84. The van der Waals surface area contributed by atoms with E-state index in [0.717, 1.165) is 36.8 Å². The summed E-state index contributed by atoms with van der Waals surface area (Å²) in [6.45, 7) is 3.73. The summed E-state index contributed by atoms with van der Waals surface area (Å²) in [5.41, 5.74) is 1.38. The summed E-state index contributed by atoms with van der Waals surface area (Å²) in [7, 11) is 4.28. The van der Waals surface area contributed by atoms with E-state index in [9.17, 15) is 9.59 Å². The second kappa shape index (κ2) is 9.36. The summed E-state index contributed by atoms with van der Waals surface area (Å²) in [4.78, 5) is 21.9. The van der Waals surface area contributed by atoms with Crippen LogP contribution in [0.3, 0.4) is 0 Å². The Labute approximate surface area is 133 Å². The van der Waals surface area contributed by atoms with Gasteiger partial charge in [0.25, 0.3) is 0 Å². The van der Waals surface area contributed by atoms with Crippen LogP contribution in [-0.2, 0) is 20.7 Å². The molecule has 0 radical (unpaired) electrons. The van der Waals surface area contributed by atoms with Crippen LogP contribution in [0.15, 0.2) is 30.3 Å². The summed E-state index contributed by atoms with van der Waals surface area (Å²) in [5, 5.41) is 0. The van der Waals surface area contributed by atoms with E-state index in [0.29, 0.717) is 12.9 Å². The van der Waals surface area contributed by atoms with Gasteiger partial charge in [0.2, 0.25) is 0 Å². The largest absolute Gasteiger partial charge is 0.459 e. The Bertz CT molecular complexity index is 457. The lowest BCUT2D eigenvalue weighted by molar-refractivity contribution is -0.890. The molecule has 0 heterocycles. The van der Waals surface area contributed by atoms with Crippen LogP contribution in [0.25, 0.3) is 0 Å². The van der Waals surface area contributed by atoms with Crippen LogP contribution in [0.1, 0.15) is 25.3 Å². The fourth-order valence-electron chi connectivity index (χ4n) is 2.21. The van der Waals surface area contributed by atoms with E-state index in [1.54, 1.807) is 6.92 Å². The fraction of sp³-hybridized carbons (Fsp3) is 0.556. The zero-order valence-corrected chi connectivity index (χ0v) is 14.0. The maximum absolute atomic E-state index is 11.4. The Balaban J connectivity index is 2.18. The summed E-state index contributed by atoms with van der Waals surface area (Å²) in [6, 6.07) is 10.5. The van der Waals surface area contributed by atoms with Gasteiger partial charge in [0.15, 0.2) is 0 Å². The van der Waals surface area contributed by atoms with Crippen LogP contribution in [-0.4, -0.2) is 50.5 Å². The number of benzene rings is 1. The minimum Gasteiger partial charge on any atom is -0.459 e. The lowest BCUT2D eigenvalue weighted by Crippen LogP contribution is -2.43. The molecular formula is C18H28NO3+. The van der Waals surface area contributed by atoms with Gasteiger partial charge >= 0.3 is 5.97 Å². The fourth-order valence-corrected chi connectivity index (χ4v) is 2.21. The van der Waals surface area contributed by atoms with Crippen molar-refractivity contribution in [2.75, 3.05) is 33.8 Å². The number of unbranched alkanes of at least 4 members (excludes halogenated alkanes) is 1. The second-order valence-corrected chi connectivity index (χ2v) is 6.42. The van der Waals surface area contributed by atoms with Crippen molar-refractivity contribution in [3.8, 4) is 0 Å². The molecule has 1 aromatic rings. The Morgan fingerprint density at radius 3 is 2.50 bits per heavy atom. The van der Waals surface area contributed by atoms with E-state index in [1.165, 1.54) is 5.56 Å². The molecular weight excluding hydrogens is 278 g/mol. The monoisotopic (exact) mass is 306 g/mol. The first-order valence-electron chi connectivity index (χ1n) is 7.92. The topological polar surface area (TPSA) is 43.4 Å². The molecule has 0 fully saturated rings. The molecule has 1 unspecified atom stereocenters. The van der Waals surface area contributed by atoms with Crippen molar-refractivity contribution in [3.63, 3.8) is 0 Å². The number of aldehydes is 1. The van der Waals surface area contributed by atoms with E-state index in [4.69, 9.17) is 4.74 Å². The number of quaternary nitrogens is 1. The Morgan fingerprint density at radius 1 is 1.18 bits per heavy atom. The van der Waals surface area contributed by atoms with Crippen molar-refractivity contribution in [3.05, 3.63) is 35.9 Å². The molecule has 0 amide bonds. The van der Waals surface area contributed by atoms with Crippen molar-refractivity contribution >= 4 is 12.3 Å². The minimum atomic E-state index is -0.665. The minimum absolute atomic E-state index is 0.364. The van der Waals surface area contributed by atoms with Crippen LogP contribution in [0.4, 0.5) is 0 Å². The van der Waals surface area contributed by atoms with Crippen LogP contribution >= 0.6 is 0 Å². The Morgan fingerprint density at radius 2 is 1.86 bits per heavy atom.